The van der Waals surface area contributed by atoms with Crippen LogP contribution in [0.2, 0.25) is 0 Å². The summed E-state index contributed by atoms with van der Waals surface area (Å²) >= 11 is 0. The molecule has 0 aliphatic rings. The SMILES string of the molecule is Nc1cccc2cc3c(N)c(C(=O)O)ccc3cc12. The Morgan fingerprint density at radius 1 is 0.947 bits per heavy atom. The lowest BCUT2D eigenvalue weighted by Gasteiger charge is -2.09. The average molecular weight is 252 g/mol. The van der Waals surface area contributed by atoms with Crippen LogP contribution in [0.5, 0.6) is 0 Å². The highest BCUT2D eigenvalue weighted by atomic mass is 16.4. The van der Waals surface area contributed by atoms with Gasteiger partial charge in [0.15, 0.2) is 0 Å². The number of rotatable bonds is 1. The fraction of sp³-hybridized carbons (Fsp3) is 0. The molecule has 19 heavy (non-hydrogen) atoms. The molecule has 0 heterocycles. The number of nitrogens with two attached hydrogens (primary N) is 2. The van der Waals surface area contributed by atoms with Gasteiger partial charge in [-0.25, -0.2) is 4.79 Å². The van der Waals surface area contributed by atoms with E-state index >= 15 is 0 Å². The van der Waals surface area contributed by atoms with Crippen molar-refractivity contribution >= 4 is 38.9 Å². The largest absolute Gasteiger partial charge is 0.478 e. The Morgan fingerprint density at radius 3 is 2.37 bits per heavy atom. The number of carboxylic acid groups (broad SMARTS) is 1. The number of benzene rings is 3. The van der Waals surface area contributed by atoms with Gasteiger partial charge >= 0.3 is 5.97 Å². The fourth-order valence-corrected chi connectivity index (χ4v) is 2.33. The van der Waals surface area contributed by atoms with Gasteiger partial charge in [-0.3, -0.25) is 0 Å². The van der Waals surface area contributed by atoms with Gasteiger partial charge in [0.05, 0.1) is 11.3 Å². The molecule has 3 rings (SSSR count). The molecule has 0 unspecified atom stereocenters. The number of carboxylic acids is 1. The third kappa shape index (κ3) is 1.65. The predicted molar refractivity (Wildman–Crippen MR) is 77.2 cm³/mol. The molecule has 3 aromatic rings. The Kier molecular flexibility index (Phi) is 2.32. The van der Waals surface area contributed by atoms with Crippen molar-refractivity contribution in [3.8, 4) is 0 Å². The van der Waals surface area contributed by atoms with Crippen LogP contribution in [-0.4, -0.2) is 11.1 Å². The minimum atomic E-state index is -1.02. The maximum absolute atomic E-state index is 11.1. The lowest BCUT2D eigenvalue weighted by atomic mass is 9.99. The molecular weight excluding hydrogens is 240 g/mol. The van der Waals surface area contributed by atoms with Crippen molar-refractivity contribution in [3.05, 3.63) is 48.0 Å². The third-order valence-corrected chi connectivity index (χ3v) is 3.32. The maximum atomic E-state index is 11.1. The van der Waals surface area contributed by atoms with E-state index in [-0.39, 0.29) is 11.3 Å². The lowest BCUT2D eigenvalue weighted by molar-refractivity contribution is 0.0698. The number of fused-ring (bicyclic) bond motifs is 2. The van der Waals surface area contributed by atoms with E-state index in [4.69, 9.17) is 16.6 Å². The number of aromatic carboxylic acids is 1. The fourth-order valence-electron chi connectivity index (χ4n) is 2.33. The second kappa shape index (κ2) is 3.88. The number of carbonyl (C=O) groups is 1. The number of nitrogen functional groups attached to an aromatic ring is 2. The van der Waals surface area contributed by atoms with E-state index in [0.29, 0.717) is 5.69 Å². The highest BCUT2D eigenvalue weighted by Crippen LogP contribution is 2.31. The summed E-state index contributed by atoms with van der Waals surface area (Å²) in [6, 6.07) is 12.7. The van der Waals surface area contributed by atoms with Crippen LogP contribution in [0.3, 0.4) is 0 Å². The number of hydrogen-bond acceptors (Lipinski definition) is 3. The smallest absolute Gasteiger partial charge is 0.337 e. The summed E-state index contributed by atoms with van der Waals surface area (Å²) in [5.74, 6) is -1.02. The van der Waals surface area contributed by atoms with Crippen LogP contribution >= 0.6 is 0 Å². The first-order chi connectivity index (χ1) is 9.08. The van der Waals surface area contributed by atoms with E-state index in [1.54, 1.807) is 6.07 Å². The predicted octanol–water partition coefficient (Wildman–Crippen LogP) is 2.86. The van der Waals surface area contributed by atoms with Gasteiger partial charge in [-0.05, 0) is 35.0 Å². The van der Waals surface area contributed by atoms with Crippen LogP contribution in [-0.2, 0) is 0 Å². The van der Waals surface area contributed by atoms with Gasteiger partial charge in [0.25, 0.3) is 0 Å². The Morgan fingerprint density at radius 2 is 1.63 bits per heavy atom. The normalized spacial score (nSPS) is 10.9. The van der Waals surface area contributed by atoms with Gasteiger partial charge in [-0.2, -0.15) is 0 Å². The zero-order chi connectivity index (χ0) is 13.6. The van der Waals surface area contributed by atoms with Crippen LogP contribution in [0.15, 0.2) is 42.5 Å². The Hall–Kier alpha value is -2.75. The molecule has 94 valence electrons. The first-order valence-electron chi connectivity index (χ1n) is 5.81. The minimum absolute atomic E-state index is 0.121. The molecule has 0 spiro atoms. The van der Waals surface area contributed by atoms with Crippen LogP contribution < -0.4 is 11.5 Å². The molecule has 0 saturated carbocycles. The summed E-state index contributed by atoms with van der Waals surface area (Å²) < 4.78 is 0. The summed E-state index contributed by atoms with van der Waals surface area (Å²) in [5, 5.41) is 12.6. The summed E-state index contributed by atoms with van der Waals surface area (Å²) in [4.78, 5) is 11.1. The molecule has 5 N–H and O–H groups in total. The second-order valence-electron chi connectivity index (χ2n) is 4.47. The van der Waals surface area contributed by atoms with Gasteiger partial charge in [-0.1, -0.05) is 18.2 Å². The van der Waals surface area contributed by atoms with E-state index in [0.717, 1.165) is 21.5 Å². The van der Waals surface area contributed by atoms with Gasteiger partial charge in [0.2, 0.25) is 0 Å². The van der Waals surface area contributed by atoms with Gasteiger partial charge < -0.3 is 16.6 Å². The van der Waals surface area contributed by atoms with Crippen molar-refractivity contribution in [3.63, 3.8) is 0 Å². The van der Waals surface area contributed by atoms with Gasteiger partial charge in [-0.15, -0.1) is 0 Å². The first kappa shape index (κ1) is 11.3. The van der Waals surface area contributed by atoms with Gasteiger partial charge in [0, 0.05) is 16.5 Å². The molecule has 4 nitrogen and oxygen atoms in total. The molecule has 0 radical (unpaired) electrons. The third-order valence-electron chi connectivity index (χ3n) is 3.32. The zero-order valence-corrected chi connectivity index (χ0v) is 10.1. The Balaban J connectivity index is 2.45. The summed E-state index contributed by atoms with van der Waals surface area (Å²) in [6.07, 6.45) is 0. The van der Waals surface area contributed by atoms with E-state index in [1.807, 2.05) is 30.3 Å². The molecule has 0 aliphatic heterocycles. The van der Waals surface area contributed by atoms with Crippen molar-refractivity contribution in [2.24, 2.45) is 0 Å². The molecule has 0 saturated heterocycles. The molecule has 0 fully saturated rings. The minimum Gasteiger partial charge on any atom is -0.478 e. The maximum Gasteiger partial charge on any atom is 0.337 e. The lowest BCUT2D eigenvalue weighted by Crippen LogP contribution is -2.02. The summed E-state index contributed by atoms with van der Waals surface area (Å²) in [7, 11) is 0. The molecule has 4 heteroatoms. The monoisotopic (exact) mass is 252 g/mol. The van der Waals surface area contributed by atoms with E-state index in [9.17, 15) is 4.79 Å². The summed E-state index contributed by atoms with van der Waals surface area (Å²) in [5.41, 5.74) is 13.0. The second-order valence-corrected chi connectivity index (χ2v) is 4.47. The zero-order valence-electron chi connectivity index (χ0n) is 10.1. The molecule has 0 amide bonds. The Labute approximate surface area is 109 Å². The van der Waals surface area contributed by atoms with Crippen molar-refractivity contribution in [1.29, 1.82) is 0 Å². The summed E-state index contributed by atoms with van der Waals surface area (Å²) in [6.45, 7) is 0. The van der Waals surface area contributed by atoms with Crippen LogP contribution in [0.25, 0.3) is 21.5 Å². The topological polar surface area (TPSA) is 89.3 Å². The van der Waals surface area contributed by atoms with Crippen molar-refractivity contribution in [2.75, 3.05) is 11.5 Å². The molecule has 0 aliphatic carbocycles. The standard InChI is InChI=1S/C15H12N2O2/c16-13-3-1-2-8-7-12-9(6-11(8)13)4-5-10(14(12)17)15(18)19/h1-7H,16-17H2,(H,18,19). The molecule has 0 aromatic heterocycles. The van der Waals surface area contributed by atoms with E-state index in [2.05, 4.69) is 0 Å². The molecule has 3 aromatic carbocycles. The number of hydrogen-bond donors (Lipinski definition) is 3. The van der Waals surface area contributed by atoms with Crippen LogP contribution in [0.1, 0.15) is 10.4 Å². The number of anilines is 2. The van der Waals surface area contributed by atoms with E-state index < -0.39 is 5.97 Å². The Bertz CT molecular complexity index is 825. The van der Waals surface area contributed by atoms with Crippen LogP contribution in [0.4, 0.5) is 11.4 Å². The van der Waals surface area contributed by atoms with Crippen LogP contribution in [0, 0.1) is 0 Å². The van der Waals surface area contributed by atoms with Crippen molar-refractivity contribution in [2.45, 2.75) is 0 Å². The first-order valence-corrected chi connectivity index (χ1v) is 5.81. The quantitative estimate of drug-likeness (QED) is 0.459. The van der Waals surface area contributed by atoms with E-state index in [1.165, 1.54) is 6.07 Å². The highest BCUT2D eigenvalue weighted by Gasteiger charge is 2.11. The van der Waals surface area contributed by atoms with Crippen molar-refractivity contribution < 1.29 is 9.90 Å². The molecule has 0 atom stereocenters. The average Bonchev–Trinajstić information content (AvgIpc) is 2.38. The van der Waals surface area contributed by atoms with Crippen molar-refractivity contribution in [1.82, 2.24) is 0 Å². The van der Waals surface area contributed by atoms with Gasteiger partial charge in [0.1, 0.15) is 0 Å². The molecular formula is C15H12N2O2. The molecule has 0 bridgehead atoms. The highest BCUT2D eigenvalue weighted by molar-refractivity contribution is 6.10.